The average Bonchev–Trinajstić information content (AvgIpc) is 2.97. The highest BCUT2D eigenvalue weighted by Gasteiger charge is 2.17. The number of aryl methyl sites for hydroxylation is 1. The van der Waals surface area contributed by atoms with Gasteiger partial charge in [0.25, 0.3) is 10.0 Å². The molecule has 0 unspecified atom stereocenters. The normalized spacial score (nSPS) is 11.4. The second-order valence-electron chi connectivity index (χ2n) is 5.24. The zero-order valence-electron chi connectivity index (χ0n) is 13.0. The molecule has 0 aliphatic rings. The van der Waals surface area contributed by atoms with E-state index in [1.165, 1.54) is 25.3 Å². The summed E-state index contributed by atoms with van der Waals surface area (Å²) in [6.45, 7) is 1.88. The van der Waals surface area contributed by atoms with E-state index in [1.807, 2.05) is 6.92 Å². The van der Waals surface area contributed by atoms with E-state index in [1.54, 1.807) is 24.3 Å². The van der Waals surface area contributed by atoms with Crippen molar-refractivity contribution in [3.8, 4) is 0 Å². The van der Waals surface area contributed by atoms with E-state index in [0.717, 1.165) is 5.56 Å². The molecule has 0 fully saturated rings. The van der Waals surface area contributed by atoms with Crippen molar-refractivity contribution in [2.45, 2.75) is 11.8 Å². The topological polar surface area (TPSA) is 101 Å². The maximum absolute atomic E-state index is 12.4. The summed E-state index contributed by atoms with van der Waals surface area (Å²) < 4.78 is 32.0. The Morgan fingerprint density at radius 1 is 1.17 bits per heavy atom. The first-order chi connectivity index (χ1) is 11.4. The molecule has 1 aromatic heterocycles. The summed E-state index contributed by atoms with van der Waals surface area (Å²) in [5, 5.41) is 7.08. The average molecular weight is 345 g/mol. The van der Waals surface area contributed by atoms with Gasteiger partial charge in [0.1, 0.15) is 0 Å². The Morgan fingerprint density at radius 3 is 2.54 bits per heavy atom. The third-order valence-corrected chi connectivity index (χ3v) is 4.92. The molecular weight excluding hydrogens is 330 g/mol. The van der Waals surface area contributed by atoms with Crippen LogP contribution in [0.15, 0.2) is 47.4 Å². The van der Waals surface area contributed by atoms with Gasteiger partial charge in [-0.1, -0.05) is 17.7 Å². The zero-order chi connectivity index (χ0) is 17.3. The lowest BCUT2D eigenvalue weighted by atomic mass is 10.2. The lowest BCUT2D eigenvalue weighted by molar-refractivity contribution is 0.0596. The molecule has 7 nitrogen and oxygen atoms in total. The molecule has 0 bridgehead atoms. The number of H-pyrrole nitrogens is 1. The predicted octanol–water partition coefficient (Wildman–Crippen LogP) is 2.46. The van der Waals surface area contributed by atoms with Crippen LogP contribution in [0.1, 0.15) is 16.1 Å². The lowest BCUT2D eigenvalue weighted by Gasteiger charge is -2.08. The van der Waals surface area contributed by atoms with Gasteiger partial charge in [-0.15, -0.1) is 0 Å². The molecule has 2 N–H and O–H groups in total. The van der Waals surface area contributed by atoms with E-state index >= 15 is 0 Å². The predicted molar refractivity (Wildman–Crippen MR) is 89.4 cm³/mol. The van der Waals surface area contributed by atoms with Gasteiger partial charge >= 0.3 is 5.97 Å². The van der Waals surface area contributed by atoms with Gasteiger partial charge in [0, 0.05) is 11.1 Å². The van der Waals surface area contributed by atoms with Crippen molar-refractivity contribution < 1.29 is 17.9 Å². The molecule has 0 atom stereocenters. The number of aromatic amines is 1. The molecule has 3 rings (SSSR count). The minimum absolute atomic E-state index is 0.101. The second kappa shape index (κ2) is 5.97. The number of carbonyl (C=O) groups excluding carboxylic acids is 1. The first kappa shape index (κ1) is 16.0. The van der Waals surface area contributed by atoms with E-state index in [-0.39, 0.29) is 10.6 Å². The number of sulfonamides is 1. The molecular formula is C16H15N3O4S. The van der Waals surface area contributed by atoms with Crippen LogP contribution in [0, 0.1) is 6.92 Å². The van der Waals surface area contributed by atoms with Gasteiger partial charge < -0.3 is 4.74 Å². The standard InChI is InChI=1S/C16H15N3O4S/c1-10-3-6-12(7-4-10)24(21,22)19-11-5-8-14-13(9-11)15(18-17-14)16(20)23-2/h3-9,19H,1-2H3,(H,17,18). The number of hydrogen-bond donors (Lipinski definition) is 2. The molecule has 0 saturated carbocycles. The van der Waals surface area contributed by atoms with Gasteiger partial charge in [0.2, 0.25) is 0 Å². The Bertz CT molecular complexity index is 1010. The van der Waals surface area contributed by atoms with Crippen molar-refractivity contribution in [1.82, 2.24) is 10.2 Å². The van der Waals surface area contributed by atoms with Crippen LogP contribution in [-0.4, -0.2) is 31.7 Å². The minimum Gasteiger partial charge on any atom is -0.464 e. The number of hydrogen-bond acceptors (Lipinski definition) is 5. The van der Waals surface area contributed by atoms with Crippen molar-refractivity contribution in [2.75, 3.05) is 11.8 Å². The number of rotatable bonds is 4. The fraction of sp³-hybridized carbons (Fsp3) is 0.125. The monoisotopic (exact) mass is 345 g/mol. The molecule has 8 heteroatoms. The van der Waals surface area contributed by atoms with Crippen LogP contribution in [0.5, 0.6) is 0 Å². The molecule has 1 heterocycles. The van der Waals surface area contributed by atoms with Gasteiger partial charge in [0.15, 0.2) is 5.69 Å². The van der Waals surface area contributed by atoms with Gasteiger partial charge in [0.05, 0.1) is 17.5 Å². The van der Waals surface area contributed by atoms with Crippen LogP contribution in [-0.2, 0) is 14.8 Å². The maximum Gasteiger partial charge on any atom is 0.359 e. The third kappa shape index (κ3) is 2.95. The second-order valence-corrected chi connectivity index (χ2v) is 6.93. The number of aromatic nitrogens is 2. The van der Waals surface area contributed by atoms with Crippen molar-refractivity contribution >= 4 is 32.6 Å². The fourth-order valence-corrected chi connectivity index (χ4v) is 3.31. The van der Waals surface area contributed by atoms with Gasteiger partial charge in [-0.05, 0) is 37.3 Å². The Balaban J connectivity index is 1.97. The molecule has 124 valence electrons. The van der Waals surface area contributed by atoms with Crippen molar-refractivity contribution in [2.24, 2.45) is 0 Å². The van der Waals surface area contributed by atoms with Gasteiger partial charge in [-0.3, -0.25) is 9.82 Å². The summed E-state index contributed by atoms with van der Waals surface area (Å²) in [5.41, 5.74) is 2.00. The molecule has 0 saturated heterocycles. The molecule has 0 amide bonds. The third-order valence-electron chi connectivity index (χ3n) is 3.53. The van der Waals surface area contributed by atoms with Crippen LogP contribution in [0.2, 0.25) is 0 Å². The summed E-state index contributed by atoms with van der Waals surface area (Å²) in [6.07, 6.45) is 0. The first-order valence-corrected chi connectivity index (χ1v) is 8.55. The molecule has 0 radical (unpaired) electrons. The Hall–Kier alpha value is -2.87. The van der Waals surface area contributed by atoms with E-state index in [2.05, 4.69) is 19.7 Å². The van der Waals surface area contributed by atoms with Crippen molar-refractivity contribution in [3.63, 3.8) is 0 Å². The maximum atomic E-state index is 12.4. The number of nitrogens with zero attached hydrogens (tertiary/aromatic N) is 1. The summed E-state index contributed by atoms with van der Waals surface area (Å²) in [5.74, 6) is -0.597. The van der Waals surface area contributed by atoms with Gasteiger partial charge in [-0.25, -0.2) is 13.2 Å². The highest BCUT2D eigenvalue weighted by atomic mass is 32.2. The number of nitrogens with one attached hydrogen (secondary N) is 2. The van der Waals surface area contributed by atoms with Crippen molar-refractivity contribution in [1.29, 1.82) is 0 Å². The SMILES string of the molecule is COC(=O)c1n[nH]c2ccc(NS(=O)(=O)c3ccc(C)cc3)cc12. The number of ether oxygens (including phenoxy) is 1. The number of benzene rings is 2. The molecule has 2 aromatic carbocycles. The molecule has 3 aromatic rings. The molecule has 0 spiro atoms. The molecule has 24 heavy (non-hydrogen) atoms. The smallest absolute Gasteiger partial charge is 0.359 e. The van der Waals surface area contributed by atoms with E-state index in [0.29, 0.717) is 16.6 Å². The van der Waals surface area contributed by atoms with Crippen LogP contribution < -0.4 is 4.72 Å². The van der Waals surface area contributed by atoms with Crippen molar-refractivity contribution in [3.05, 3.63) is 53.7 Å². The van der Waals surface area contributed by atoms with E-state index < -0.39 is 16.0 Å². The molecule has 0 aliphatic heterocycles. The summed E-state index contributed by atoms with van der Waals surface area (Å²) in [7, 11) is -2.46. The summed E-state index contributed by atoms with van der Waals surface area (Å²) in [4.78, 5) is 11.9. The Kier molecular flexibility index (Phi) is 3.98. The number of fused-ring (bicyclic) bond motifs is 1. The van der Waals surface area contributed by atoms with Crippen LogP contribution in [0.3, 0.4) is 0 Å². The number of carbonyl (C=O) groups is 1. The van der Waals surface area contributed by atoms with Gasteiger partial charge in [-0.2, -0.15) is 5.10 Å². The number of anilines is 1. The zero-order valence-corrected chi connectivity index (χ0v) is 13.8. The van der Waals surface area contributed by atoms with Crippen LogP contribution >= 0.6 is 0 Å². The Labute approximate surface area is 138 Å². The number of methoxy groups -OCH3 is 1. The lowest BCUT2D eigenvalue weighted by Crippen LogP contribution is -2.12. The Morgan fingerprint density at radius 2 is 1.88 bits per heavy atom. The highest BCUT2D eigenvalue weighted by Crippen LogP contribution is 2.23. The highest BCUT2D eigenvalue weighted by molar-refractivity contribution is 7.92. The molecule has 0 aliphatic carbocycles. The minimum atomic E-state index is -3.72. The summed E-state index contributed by atoms with van der Waals surface area (Å²) >= 11 is 0. The van der Waals surface area contributed by atoms with Crippen LogP contribution in [0.4, 0.5) is 5.69 Å². The largest absolute Gasteiger partial charge is 0.464 e. The van der Waals surface area contributed by atoms with Crippen LogP contribution in [0.25, 0.3) is 10.9 Å². The number of esters is 1. The van der Waals surface area contributed by atoms with E-state index in [4.69, 9.17) is 0 Å². The quantitative estimate of drug-likeness (QED) is 0.707. The summed E-state index contributed by atoms with van der Waals surface area (Å²) in [6, 6.07) is 11.3. The fourth-order valence-electron chi connectivity index (χ4n) is 2.26. The van der Waals surface area contributed by atoms with E-state index in [9.17, 15) is 13.2 Å². The first-order valence-electron chi connectivity index (χ1n) is 7.06.